The highest BCUT2D eigenvalue weighted by Gasteiger charge is 2.36. The molecule has 1 saturated carbocycles. The lowest BCUT2D eigenvalue weighted by Gasteiger charge is -2.21. The standard InChI is InChI=1S/C20H21NO3/c1-23-16-10-8-14(9-11-16)19(13-6-7-13)21-20(22)18-12-15-4-2-3-5-17(15)24-18/h2-5,8-11,13,18-19H,6-7,12H2,1H3,(H,21,22). The summed E-state index contributed by atoms with van der Waals surface area (Å²) >= 11 is 0. The number of rotatable bonds is 5. The fourth-order valence-electron chi connectivity index (χ4n) is 3.29. The first-order chi connectivity index (χ1) is 11.7. The van der Waals surface area contributed by atoms with Crippen LogP contribution in [0.15, 0.2) is 48.5 Å². The first kappa shape index (κ1) is 15.1. The predicted molar refractivity (Wildman–Crippen MR) is 91.2 cm³/mol. The predicted octanol–water partition coefficient (Wildman–Crippen LogP) is 3.27. The summed E-state index contributed by atoms with van der Waals surface area (Å²) in [5, 5.41) is 3.20. The number of carbonyl (C=O) groups excluding carboxylic acids is 1. The molecule has 2 aliphatic rings. The van der Waals surface area contributed by atoms with E-state index in [0.29, 0.717) is 12.3 Å². The zero-order valence-corrected chi connectivity index (χ0v) is 13.7. The van der Waals surface area contributed by atoms with Gasteiger partial charge in [-0.1, -0.05) is 30.3 Å². The molecule has 2 unspecified atom stereocenters. The fourth-order valence-corrected chi connectivity index (χ4v) is 3.29. The van der Waals surface area contributed by atoms with E-state index in [2.05, 4.69) is 5.32 Å². The van der Waals surface area contributed by atoms with Crippen LogP contribution in [0.4, 0.5) is 0 Å². The molecule has 124 valence electrons. The first-order valence-corrected chi connectivity index (χ1v) is 8.43. The molecule has 0 radical (unpaired) electrons. The zero-order chi connectivity index (χ0) is 16.5. The summed E-state index contributed by atoms with van der Waals surface area (Å²) in [4.78, 5) is 12.7. The molecule has 24 heavy (non-hydrogen) atoms. The van der Waals surface area contributed by atoms with Crippen molar-refractivity contribution in [2.45, 2.75) is 31.4 Å². The lowest BCUT2D eigenvalue weighted by atomic mass is 10.0. The molecule has 0 spiro atoms. The van der Waals surface area contributed by atoms with Gasteiger partial charge in [-0.3, -0.25) is 4.79 Å². The summed E-state index contributed by atoms with van der Waals surface area (Å²) in [6, 6.07) is 15.9. The van der Waals surface area contributed by atoms with Crippen LogP contribution in [0, 0.1) is 5.92 Å². The Morgan fingerprint density at radius 1 is 1.17 bits per heavy atom. The van der Waals surface area contributed by atoms with Gasteiger partial charge in [0.25, 0.3) is 5.91 Å². The molecule has 1 fully saturated rings. The molecular weight excluding hydrogens is 302 g/mol. The van der Waals surface area contributed by atoms with E-state index >= 15 is 0 Å². The van der Waals surface area contributed by atoms with Crippen molar-refractivity contribution in [3.63, 3.8) is 0 Å². The highest BCUT2D eigenvalue weighted by atomic mass is 16.5. The third-order valence-electron chi connectivity index (χ3n) is 4.81. The summed E-state index contributed by atoms with van der Waals surface area (Å²) in [7, 11) is 1.66. The molecular formula is C20H21NO3. The van der Waals surface area contributed by atoms with Gasteiger partial charge in [-0.2, -0.15) is 0 Å². The summed E-state index contributed by atoms with van der Waals surface area (Å²) < 4.78 is 11.0. The number of ether oxygens (including phenoxy) is 2. The normalized spacial score (nSPS) is 20.0. The second-order valence-electron chi connectivity index (χ2n) is 6.52. The number of hydrogen-bond acceptors (Lipinski definition) is 3. The van der Waals surface area contributed by atoms with E-state index in [1.54, 1.807) is 7.11 Å². The van der Waals surface area contributed by atoms with Crippen LogP contribution in [0.3, 0.4) is 0 Å². The Balaban J connectivity index is 1.46. The summed E-state index contributed by atoms with van der Waals surface area (Å²) in [5.41, 5.74) is 2.23. The average molecular weight is 323 g/mol. The van der Waals surface area contributed by atoms with E-state index in [0.717, 1.165) is 35.5 Å². The smallest absolute Gasteiger partial charge is 0.261 e. The van der Waals surface area contributed by atoms with Gasteiger partial charge in [0.05, 0.1) is 13.2 Å². The molecule has 2 atom stereocenters. The average Bonchev–Trinajstić information content (AvgIpc) is 3.37. The van der Waals surface area contributed by atoms with Crippen LogP contribution in [0.1, 0.15) is 30.0 Å². The van der Waals surface area contributed by atoms with Crippen molar-refractivity contribution in [1.82, 2.24) is 5.32 Å². The quantitative estimate of drug-likeness (QED) is 0.919. The number of nitrogens with one attached hydrogen (secondary N) is 1. The van der Waals surface area contributed by atoms with Crippen molar-refractivity contribution in [2.75, 3.05) is 7.11 Å². The molecule has 2 aromatic rings. The first-order valence-electron chi connectivity index (χ1n) is 8.43. The molecule has 0 saturated heterocycles. The van der Waals surface area contributed by atoms with Crippen molar-refractivity contribution in [3.8, 4) is 11.5 Å². The van der Waals surface area contributed by atoms with Crippen molar-refractivity contribution in [1.29, 1.82) is 0 Å². The minimum Gasteiger partial charge on any atom is -0.497 e. The van der Waals surface area contributed by atoms with Gasteiger partial charge in [-0.25, -0.2) is 0 Å². The summed E-state index contributed by atoms with van der Waals surface area (Å²) in [5.74, 6) is 2.14. The molecule has 1 amide bonds. The van der Waals surface area contributed by atoms with E-state index in [1.165, 1.54) is 0 Å². The third kappa shape index (κ3) is 2.96. The molecule has 1 aliphatic heterocycles. The number of benzene rings is 2. The Kier molecular flexibility index (Phi) is 3.89. The van der Waals surface area contributed by atoms with Gasteiger partial charge >= 0.3 is 0 Å². The Labute approximate surface area is 141 Å². The molecule has 1 heterocycles. The van der Waals surface area contributed by atoms with Crippen LogP contribution < -0.4 is 14.8 Å². The molecule has 4 rings (SSSR count). The van der Waals surface area contributed by atoms with Crippen molar-refractivity contribution >= 4 is 5.91 Å². The second-order valence-corrected chi connectivity index (χ2v) is 6.52. The number of para-hydroxylation sites is 1. The summed E-state index contributed by atoms with van der Waals surface area (Å²) in [6.07, 6.45) is 2.52. The maximum atomic E-state index is 12.7. The lowest BCUT2D eigenvalue weighted by Crippen LogP contribution is -2.40. The number of carbonyl (C=O) groups is 1. The molecule has 1 aliphatic carbocycles. The molecule has 2 aromatic carbocycles. The summed E-state index contributed by atoms with van der Waals surface area (Å²) in [6.45, 7) is 0. The van der Waals surface area contributed by atoms with E-state index < -0.39 is 6.10 Å². The molecule has 0 aromatic heterocycles. The second kappa shape index (κ2) is 6.19. The SMILES string of the molecule is COc1ccc(C(NC(=O)C2Cc3ccccc3O2)C2CC2)cc1. The van der Waals surface area contributed by atoms with Crippen molar-refractivity contribution < 1.29 is 14.3 Å². The molecule has 4 nitrogen and oxygen atoms in total. The number of amides is 1. The monoisotopic (exact) mass is 323 g/mol. The number of methoxy groups -OCH3 is 1. The van der Waals surface area contributed by atoms with Crippen LogP contribution in [0.25, 0.3) is 0 Å². The third-order valence-corrected chi connectivity index (χ3v) is 4.81. The Bertz CT molecular complexity index is 712. The molecule has 0 bridgehead atoms. The van der Waals surface area contributed by atoms with Gasteiger partial charge in [-0.15, -0.1) is 0 Å². The maximum absolute atomic E-state index is 12.7. The minimum absolute atomic E-state index is 0.0288. The van der Waals surface area contributed by atoms with Gasteiger partial charge in [-0.05, 0) is 48.1 Å². The van der Waals surface area contributed by atoms with Crippen molar-refractivity contribution in [2.24, 2.45) is 5.92 Å². The Morgan fingerprint density at radius 2 is 1.92 bits per heavy atom. The topological polar surface area (TPSA) is 47.6 Å². The van der Waals surface area contributed by atoms with E-state index in [9.17, 15) is 4.79 Å². The number of fused-ring (bicyclic) bond motifs is 1. The van der Waals surface area contributed by atoms with Crippen LogP contribution in [0.2, 0.25) is 0 Å². The van der Waals surface area contributed by atoms with Crippen molar-refractivity contribution in [3.05, 3.63) is 59.7 Å². The molecule has 4 heteroatoms. The number of hydrogen-bond donors (Lipinski definition) is 1. The zero-order valence-electron chi connectivity index (χ0n) is 13.7. The van der Waals surface area contributed by atoms with Gasteiger partial charge in [0.2, 0.25) is 0 Å². The Hall–Kier alpha value is -2.49. The maximum Gasteiger partial charge on any atom is 0.261 e. The highest BCUT2D eigenvalue weighted by molar-refractivity contribution is 5.83. The molecule has 1 N–H and O–H groups in total. The van der Waals surface area contributed by atoms with Crippen LogP contribution in [-0.4, -0.2) is 19.1 Å². The lowest BCUT2D eigenvalue weighted by molar-refractivity contribution is -0.128. The van der Waals surface area contributed by atoms with Gasteiger partial charge < -0.3 is 14.8 Å². The van der Waals surface area contributed by atoms with Gasteiger partial charge in [0.1, 0.15) is 11.5 Å². The fraction of sp³-hybridized carbons (Fsp3) is 0.350. The Morgan fingerprint density at radius 3 is 2.58 bits per heavy atom. The van der Waals surface area contributed by atoms with Crippen LogP contribution in [-0.2, 0) is 11.2 Å². The van der Waals surface area contributed by atoms with Crippen LogP contribution >= 0.6 is 0 Å². The van der Waals surface area contributed by atoms with E-state index in [1.807, 2.05) is 48.5 Å². The van der Waals surface area contributed by atoms with Crippen LogP contribution in [0.5, 0.6) is 11.5 Å². The van der Waals surface area contributed by atoms with E-state index in [-0.39, 0.29) is 11.9 Å². The van der Waals surface area contributed by atoms with Gasteiger partial charge in [0, 0.05) is 6.42 Å². The highest BCUT2D eigenvalue weighted by Crippen LogP contribution is 2.41. The largest absolute Gasteiger partial charge is 0.497 e. The van der Waals surface area contributed by atoms with E-state index in [4.69, 9.17) is 9.47 Å². The minimum atomic E-state index is -0.429. The van der Waals surface area contributed by atoms with Gasteiger partial charge in [0.15, 0.2) is 6.10 Å².